The molecular weight excluding hydrogens is 332 g/mol. The van der Waals surface area contributed by atoms with Gasteiger partial charge in [0.1, 0.15) is 0 Å². The van der Waals surface area contributed by atoms with Crippen LogP contribution >= 0.6 is 12.2 Å². The van der Waals surface area contributed by atoms with Crippen LogP contribution in [0.2, 0.25) is 0 Å². The third-order valence-corrected chi connectivity index (χ3v) is 5.45. The zero-order valence-electron chi connectivity index (χ0n) is 14.9. The topological polar surface area (TPSA) is 33.7 Å². The molecule has 0 amide bonds. The summed E-state index contributed by atoms with van der Waals surface area (Å²) in [6.07, 6.45) is 0.807. The lowest BCUT2D eigenvalue weighted by Crippen LogP contribution is -2.65. The largest absolute Gasteiger partial charge is 0.493 e. The highest BCUT2D eigenvalue weighted by Gasteiger charge is 2.49. The third kappa shape index (κ3) is 2.37. The summed E-state index contributed by atoms with van der Waals surface area (Å²) in [5.74, 6) is 1.56. The second kappa shape index (κ2) is 5.63. The van der Waals surface area contributed by atoms with E-state index in [-0.39, 0.29) is 6.04 Å². The summed E-state index contributed by atoms with van der Waals surface area (Å²) in [5, 5.41) is 4.20. The SMILES string of the molecule is COc1cccc2c1O[C@@]1(C)C[C@H]2NC(=S)N1c1c(C)cccc1C. The van der Waals surface area contributed by atoms with Crippen LogP contribution in [0.15, 0.2) is 36.4 Å². The van der Waals surface area contributed by atoms with Crippen molar-refractivity contribution in [3.63, 3.8) is 0 Å². The van der Waals surface area contributed by atoms with Crippen molar-refractivity contribution >= 4 is 23.0 Å². The Morgan fingerprint density at radius 3 is 2.56 bits per heavy atom. The summed E-state index contributed by atoms with van der Waals surface area (Å²) >= 11 is 5.75. The van der Waals surface area contributed by atoms with Crippen LogP contribution in [0.25, 0.3) is 0 Å². The lowest BCUT2D eigenvalue weighted by atomic mass is 9.89. The first-order valence-electron chi connectivity index (χ1n) is 8.47. The average Bonchev–Trinajstić information content (AvgIpc) is 2.56. The van der Waals surface area contributed by atoms with Crippen LogP contribution in [0.1, 0.15) is 36.1 Å². The van der Waals surface area contributed by atoms with Crippen molar-refractivity contribution in [1.82, 2.24) is 5.32 Å². The van der Waals surface area contributed by atoms with Crippen LogP contribution in [0.4, 0.5) is 5.69 Å². The van der Waals surface area contributed by atoms with Crippen molar-refractivity contribution in [2.24, 2.45) is 0 Å². The Kier molecular flexibility index (Phi) is 3.65. The number of hydrogen-bond acceptors (Lipinski definition) is 3. The highest BCUT2D eigenvalue weighted by Crippen LogP contribution is 2.49. The minimum atomic E-state index is -0.564. The van der Waals surface area contributed by atoms with Gasteiger partial charge >= 0.3 is 0 Å². The maximum atomic E-state index is 6.53. The van der Waals surface area contributed by atoms with E-state index in [1.54, 1.807) is 7.11 Å². The Bertz CT molecular complexity index is 847. The maximum Gasteiger partial charge on any atom is 0.188 e. The standard InChI is InChI=1S/C20H22N2O2S/c1-12-7-5-8-13(2)17(12)22-19(25)21-15-11-20(22,3)24-18-14(15)9-6-10-16(18)23-4/h5-10,15H,11H2,1-4H3,(H,21,25)/t15-,20+/m1/s1. The van der Waals surface area contributed by atoms with Gasteiger partial charge in [-0.05, 0) is 50.2 Å². The van der Waals surface area contributed by atoms with Crippen molar-refractivity contribution < 1.29 is 9.47 Å². The zero-order valence-corrected chi connectivity index (χ0v) is 15.7. The Morgan fingerprint density at radius 1 is 1.20 bits per heavy atom. The fourth-order valence-corrected chi connectivity index (χ4v) is 4.44. The van der Waals surface area contributed by atoms with E-state index in [1.807, 2.05) is 12.1 Å². The van der Waals surface area contributed by atoms with Crippen molar-refractivity contribution in [2.45, 2.75) is 39.0 Å². The molecular formula is C20H22N2O2S. The van der Waals surface area contributed by atoms with Crippen LogP contribution in [-0.2, 0) is 0 Å². The summed E-state index contributed by atoms with van der Waals surface area (Å²) in [6.45, 7) is 6.32. The highest BCUT2D eigenvalue weighted by molar-refractivity contribution is 7.80. The molecule has 2 aromatic carbocycles. The second-order valence-electron chi connectivity index (χ2n) is 6.94. The molecule has 1 N–H and O–H groups in total. The van der Waals surface area contributed by atoms with Gasteiger partial charge in [-0.25, -0.2) is 0 Å². The molecule has 1 fully saturated rings. The number of methoxy groups -OCH3 is 1. The number of rotatable bonds is 2. The molecule has 25 heavy (non-hydrogen) atoms. The summed E-state index contributed by atoms with van der Waals surface area (Å²) < 4.78 is 12.1. The number of ether oxygens (including phenoxy) is 2. The van der Waals surface area contributed by atoms with Crippen LogP contribution in [0.3, 0.4) is 0 Å². The van der Waals surface area contributed by atoms with Gasteiger partial charge in [-0.15, -0.1) is 0 Å². The second-order valence-corrected chi connectivity index (χ2v) is 7.32. The van der Waals surface area contributed by atoms with E-state index < -0.39 is 5.72 Å². The van der Waals surface area contributed by atoms with E-state index in [0.29, 0.717) is 5.11 Å². The fourth-order valence-electron chi connectivity index (χ4n) is 4.02. The van der Waals surface area contributed by atoms with Gasteiger partial charge in [0.05, 0.1) is 18.8 Å². The fraction of sp³-hybridized carbons (Fsp3) is 0.350. The molecule has 0 radical (unpaired) electrons. The summed E-state index contributed by atoms with van der Waals surface area (Å²) in [7, 11) is 1.67. The molecule has 0 unspecified atom stereocenters. The Labute approximate surface area is 153 Å². The van der Waals surface area contributed by atoms with Gasteiger partial charge in [-0.1, -0.05) is 30.3 Å². The molecule has 0 spiro atoms. The van der Waals surface area contributed by atoms with Gasteiger partial charge < -0.3 is 14.8 Å². The lowest BCUT2D eigenvalue weighted by Gasteiger charge is -2.52. The van der Waals surface area contributed by atoms with Crippen LogP contribution in [-0.4, -0.2) is 17.9 Å². The smallest absolute Gasteiger partial charge is 0.188 e. The Hall–Kier alpha value is -2.27. The quantitative estimate of drug-likeness (QED) is 0.816. The molecule has 2 aliphatic heterocycles. The molecule has 4 nitrogen and oxygen atoms in total. The highest BCUT2D eigenvalue weighted by atomic mass is 32.1. The number of nitrogens with one attached hydrogen (secondary N) is 1. The summed E-state index contributed by atoms with van der Waals surface area (Å²) in [6, 6.07) is 12.4. The van der Waals surface area contributed by atoms with Gasteiger partial charge in [-0.3, -0.25) is 4.90 Å². The van der Waals surface area contributed by atoms with E-state index in [2.05, 4.69) is 55.3 Å². The van der Waals surface area contributed by atoms with Gasteiger partial charge in [0, 0.05) is 12.0 Å². The molecule has 2 bridgehead atoms. The van der Waals surface area contributed by atoms with Crippen molar-refractivity contribution in [1.29, 1.82) is 0 Å². The zero-order chi connectivity index (χ0) is 17.8. The number of benzene rings is 2. The predicted molar refractivity (Wildman–Crippen MR) is 104 cm³/mol. The minimum absolute atomic E-state index is 0.122. The van der Waals surface area contributed by atoms with Gasteiger partial charge in [-0.2, -0.15) is 0 Å². The van der Waals surface area contributed by atoms with E-state index in [4.69, 9.17) is 21.7 Å². The summed E-state index contributed by atoms with van der Waals surface area (Å²) in [4.78, 5) is 2.12. The molecule has 1 saturated heterocycles. The van der Waals surface area contributed by atoms with E-state index in [9.17, 15) is 0 Å². The molecule has 2 heterocycles. The van der Waals surface area contributed by atoms with Crippen molar-refractivity contribution in [2.75, 3.05) is 12.0 Å². The number of hydrogen-bond donors (Lipinski definition) is 1. The molecule has 2 aliphatic rings. The predicted octanol–water partition coefficient (Wildman–Crippen LogP) is 4.25. The molecule has 130 valence electrons. The van der Waals surface area contributed by atoms with Gasteiger partial charge in [0.2, 0.25) is 0 Å². The number of anilines is 1. The maximum absolute atomic E-state index is 6.53. The molecule has 2 atom stereocenters. The molecule has 5 heteroatoms. The third-order valence-electron chi connectivity index (χ3n) is 5.15. The molecule has 0 aliphatic carbocycles. The number of nitrogens with zero attached hydrogens (tertiary/aromatic N) is 1. The number of thiocarbonyl (C=S) groups is 1. The molecule has 0 aromatic heterocycles. The van der Waals surface area contributed by atoms with Gasteiger partial charge in [0.25, 0.3) is 0 Å². The number of fused-ring (bicyclic) bond motifs is 4. The average molecular weight is 354 g/mol. The van der Waals surface area contributed by atoms with E-state index >= 15 is 0 Å². The monoisotopic (exact) mass is 354 g/mol. The normalized spacial score (nSPS) is 24.2. The first-order valence-corrected chi connectivity index (χ1v) is 8.88. The van der Waals surface area contributed by atoms with Crippen LogP contribution in [0, 0.1) is 13.8 Å². The summed E-state index contributed by atoms with van der Waals surface area (Å²) in [5.41, 5.74) is 4.00. The molecule has 2 aromatic rings. The minimum Gasteiger partial charge on any atom is -0.493 e. The number of aryl methyl sites for hydroxylation is 2. The van der Waals surface area contributed by atoms with Crippen molar-refractivity contribution in [3.8, 4) is 11.5 Å². The van der Waals surface area contributed by atoms with Crippen LogP contribution < -0.4 is 19.7 Å². The van der Waals surface area contributed by atoms with Crippen molar-refractivity contribution in [3.05, 3.63) is 53.1 Å². The lowest BCUT2D eigenvalue weighted by molar-refractivity contribution is 0.0462. The molecule has 4 rings (SSSR count). The Morgan fingerprint density at radius 2 is 1.88 bits per heavy atom. The van der Waals surface area contributed by atoms with E-state index in [1.165, 1.54) is 11.1 Å². The number of para-hydroxylation sites is 2. The Balaban J connectivity index is 1.87. The first-order chi connectivity index (χ1) is 11.9. The van der Waals surface area contributed by atoms with E-state index in [0.717, 1.165) is 29.2 Å². The first kappa shape index (κ1) is 16.2. The van der Waals surface area contributed by atoms with Crippen LogP contribution in [0.5, 0.6) is 11.5 Å². The van der Waals surface area contributed by atoms with Gasteiger partial charge in [0.15, 0.2) is 22.3 Å². The molecule has 0 saturated carbocycles.